The second-order valence-electron chi connectivity index (χ2n) is 6.13. The maximum atomic E-state index is 11.8. The van der Waals surface area contributed by atoms with Crippen LogP contribution in [0.3, 0.4) is 0 Å². The first kappa shape index (κ1) is 20.7. The van der Waals surface area contributed by atoms with Crippen LogP contribution in [0.25, 0.3) is 0 Å². The molecule has 1 unspecified atom stereocenters. The zero-order valence-electron chi connectivity index (χ0n) is 15.4. The number of ether oxygens (including phenoxy) is 1. The summed E-state index contributed by atoms with van der Waals surface area (Å²) in [7, 11) is 0. The lowest BCUT2D eigenvalue weighted by Crippen LogP contribution is -2.14. The molecule has 4 heteroatoms. The van der Waals surface area contributed by atoms with Crippen molar-refractivity contribution in [3.05, 3.63) is 35.4 Å². The normalized spacial score (nSPS) is 12.1. The Hall–Kier alpha value is -1.39. The van der Waals surface area contributed by atoms with E-state index in [0.717, 1.165) is 25.9 Å². The van der Waals surface area contributed by atoms with Gasteiger partial charge in [-0.15, -0.1) is 0 Å². The van der Waals surface area contributed by atoms with Crippen LogP contribution in [0.4, 0.5) is 0 Å². The quantitative estimate of drug-likeness (QED) is 0.290. The average molecular weight is 336 g/mol. The molecule has 0 heterocycles. The molecule has 0 amide bonds. The Labute approximate surface area is 146 Å². The van der Waals surface area contributed by atoms with Crippen molar-refractivity contribution in [2.45, 2.75) is 59.3 Å². The van der Waals surface area contributed by atoms with Gasteiger partial charge in [0.1, 0.15) is 6.61 Å². The summed E-state index contributed by atoms with van der Waals surface area (Å²) >= 11 is 0. The number of rotatable bonds is 13. The Morgan fingerprint density at radius 3 is 2.42 bits per heavy atom. The van der Waals surface area contributed by atoms with Gasteiger partial charge in [-0.1, -0.05) is 58.6 Å². The zero-order valence-corrected chi connectivity index (χ0v) is 15.4. The number of carbonyl (C=O) groups is 1. The second kappa shape index (κ2) is 13.0. The molecule has 0 saturated carbocycles. The molecule has 0 aromatic heterocycles. The van der Waals surface area contributed by atoms with E-state index in [1.54, 1.807) is 12.1 Å². The minimum atomic E-state index is -0.465. The summed E-state index contributed by atoms with van der Waals surface area (Å²) in [6.45, 7) is 7.95. The lowest BCUT2D eigenvalue weighted by atomic mass is 10.0. The molecule has 24 heavy (non-hydrogen) atoms. The highest BCUT2D eigenvalue weighted by atomic mass is 17.2. The van der Waals surface area contributed by atoms with Gasteiger partial charge in [-0.25, -0.2) is 4.79 Å². The van der Waals surface area contributed by atoms with Crippen molar-refractivity contribution in [1.82, 2.24) is 0 Å². The molecule has 1 aromatic carbocycles. The van der Waals surface area contributed by atoms with Crippen LogP contribution in [-0.4, -0.2) is 25.8 Å². The Kier molecular flexibility index (Phi) is 11.2. The van der Waals surface area contributed by atoms with Gasteiger partial charge < -0.3 is 4.74 Å². The minimum absolute atomic E-state index is 0.254. The predicted molar refractivity (Wildman–Crippen MR) is 95.9 cm³/mol. The fourth-order valence-corrected chi connectivity index (χ4v) is 2.48. The lowest BCUT2D eigenvalue weighted by Gasteiger charge is -2.14. The molecule has 0 aliphatic carbocycles. The van der Waals surface area contributed by atoms with E-state index < -0.39 is 5.97 Å². The summed E-state index contributed by atoms with van der Waals surface area (Å²) in [6, 6.07) is 7.44. The maximum Gasteiger partial charge on any atom is 0.373 e. The van der Waals surface area contributed by atoms with Crippen molar-refractivity contribution < 1.29 is 19.3 Å². The second-order valence-corrected chi connectivity index (χ2v) is 6.13. The van der Waals surface area contributed by atoms with E-state index in [2.05, 4.69) is 20.8 Å². The number of hydrogen-bond acceptors (Lipinski definition) is 4. The SMILES string of the molecule is CCCCC(CC)COCCOOC(=O)c1ccc(CCC)cc1. The summed E-state index contributed by atoms with van der Waals surface area (Å²) in [5.74, 6) is 0.140. The van der Waals surface area contributed by atoms with Crippen LogP contribution in [0.1, 0.15) is 68.8 Å². The van der Waals surface area contributed by atoms with Crippen LogP contribution in [0, 0.1) is 5.92 Å². The molecule has 0 N–H and O–H groups in total. The molecule has 0 radical (unpaired) electrons. The Balaban J connectivity index is 2.14. The fourth-order valence-electron chi connectivity index (χ4n) is 2.48. The number of benzene rings is 1. The van der Waals surface area contributed by atoms with Gasteiger partial charge in [-0.05, 0) is 36.5 Å². The van der Waals surface area contributed by atoms with E-state index in [-0.39, 0.29) is 6.61 Å². The molecule has 0 saturated heterocycles. The summed E-state index contributed by atoms with van der Waals surface area (Å²) in [6.07, 6.45) is 6.90. The maximum absolute atomic E-state index is 11.8. The topological polar surface area (TPSA) is 44.8 Å². The van der Waals surface area contributed by atoms with Crippen molar-refractivity contribution in [1.29, 1.82) is 0 Å². The molecule has 136 valence electrons. The van der Waals surface area contributed by atoms with Gasteiger partial charge in [-0.3, -0.25) is 4.89 Å². The molecule has 1 rings (SSSR count). The van der Waals surface area contributed by atoms with Crippen molar-refractivity contribution >= 4 is 5.97 Å². The van der Waals surface area contributed by atoms with Crippen molar-refractivity contribution in [3.8, 4) is 0 Å². The third kappa shape index (κ3) is 8.46. The lowest BCUT2D eigenvalue weighted by molar-refractivity contribution is -0.247. The number of unbranched alkanes of at least 4 members (excludes halogenated alkanes) is 1. The van der Waals surface area contributed by atoms with Gasteiger partial charge in [0, 0.05) is 6.61 Å². The van der Waals surface area contributed by atoms with Crippen LogP contribution in [0.2, 0.25) is 0 Å². The van der Waals surface area contributed by atoms with E-state index in [9.17, 15) is 4.79 Å². The first-order valence-corrected chi connectivity index (χ1v) is 9.21. The van der Waals surface area contributed by atoms with E-state index in [4.69, 9.17) is 14.5 Å². The molecule has 0 spiro atoms. The summed E-state index contributed by atoms with van der Waals surface area (Å²) in [5.41, 5.74) is 1.72. The van der Waals surface area contributed by atoms with Crippen LogP contribution >= 0.6 is 0 Å². The molecule has 4 nitrogen and oxygen atoms in total. The summed E-state index contributed by atoms with van der Waals surface area (Å²) < 4.78 is 5.60. The van der Waals surface area contributed by atoms with Gasteiger partial charge in [0.15, 0.2) is 0 Å². The van der Waals surface area contributed by atoms with Crippen molar-refractivity contribution in [3.63, 3.8) is 0 Å². The van der Waals surface area contributed by atoms with Crippen LogP contribution in [0.15, 0.2) is 24.3 Å². The van der Waals surface area contributed by atoms with Gasteiger partial charge in [0.25, 0.3) is 0 Å². The van der Waals surface area contributed by atoms with Gasteiger partial charge >= 0.3 is 5.97 Å². The molecule has 1 aromatic rings. The largest absolute Gasteiger partial charge is 0.379 e. The minimum Gasteiger partial charge on any atom is -0.379 e. The summed E-state index contributed by atoms with van der Waals surface area (Å²) in [5, 5.41) is 0. The third-order valence-electron chi connectivity index (χ3n) is 4.07. The van der Waals surface area contributed by atoms with Crippen molar-refractivity contribution in [2.24, 2.45) is 5.92 Å². The highest BCUT2D eigenvalue weighted by Gasteiger charge is 2.09. The monoisotopic (exact) mass is 336 g/mol. The Bertz CT molecular complexity index is 441. The first-order valence-electron chi connectivity index (χ1n) is 9.21. The van der Waals surface area contributed by atoms with Gasteiger partial charge in [0.2, 0.25) is 0 Å². The molecular formula is C20H32O4. The van der Waals surface area contributed by atoms with E-state index in [1.807, 2.05) is 12.1 Å². The molecule has 0 bridgehead atoms. The highest BCUT2D eigenvalue weighted by molar-refractivity contribution is 5.88. The van der Waals surface area contributed by atoms with Gasteiger partial charge in [0.05, 0.1) is 12.2 Å². The molecule has 0 aliphatic rings. The van der Waals surface area contributed by atoms with Crippen molar-refractivity contribution in [2.75, 3.05) is 19.8 Å². The number of hydrogen-bond donors (Lipinski definition) is 0. The molecule has 1 atom stereocenters. The third-order valence-corrected chi connectivity index (χ3v) is 4.07. The Morgan fingerprint density at radius 2 is 1.79 bits per heavy atom. The predicted octanol–water partition coefficient (Wildman–Crippen LogP) is 4.96. The standard InChI is InChI=1S/C20H32O4/c1-4-7-9-17(6-3)16-22-14-15-23-24-20(21)19-12-10-18(8-5-2)11-13-19/h10-13,17H,4-9,14-16H2,1-3H3. The van der Waals surface area contributed by atoms with E-state index in [1.165, 1.54) is 24.8 Å². The highest BCUT2D eigenvalue weighted by Crippen LogP contribution is 2.12. The van der Waals surface area contributed by atoms with E-state index in [0.29, 0.717) is 18.1 Å². The van der Waals surface area contributed by atoms with E-state index >= 15 is 0 Å². The summed E-state index contributed by atoms with van der Waals surface area (Å²) in [4.78, 5) is 21.6. The zero-order chi connectivity index (χ0) is 17.6. The molecule has 0 aliphatic heterocycles. The Morgan fingerprint density at radius 1 is 1.04 bits per heavy atom. The molecule has 0 fully saturated rings. The van der Waals surface area contributed by atoms with Crippen LogP contribution in [0.5, 0.6) is 0 Å². The smallest absolute Gasteiger partial charge is 0.373 e. The van der Waals surface area contributed by atoms with Crippen LogP contribution < -0.4 is 0 Å². The van der Waals surface area contributed by atoms with Crippen LogP contribution in [-0.2, 0) is 20.9 Å². The number of carbonyl (C=O) groups excluding carboxylic acids is 1. The van der Waals surface area contributed by atoms with Gasteiger partial charge in [-0.2, -0.15) is 4.89 Å². The first-order chi connectivity index (χ1) is 11.7. The number of aryl methyl sites for hydroxylation is 1. The molecular weight excluding hydrogens is 304 g/mol. The average Bonchev–Trinajstić information content (AvgIpc) is 2.61. The fraction of sp³-hybridized carbons (Fsp3) is 0.650.